The maximum atomic E-state index is 12.3. The van der Waals surface area contributed by atoms with Crippen LogP contribution in [0.25, 0.3) is 0 Å². The molecule has 0 amide bonds. The van der Waals surface area contributed by atoms with E-state index in [4.69, 9.17) is 5.11 Å². The first-order valence-electron chi connectivity index (χ1n) is 5.59. The molecule has 0 atom stereocenters. The van der Waals surface area contributed by atoms with E-state index in [1.165, 1.54) is 0 Å². The first-order valence-corrected chi connectivity index (χ1v) is 6.40. The van der Waals surface area contributed by atoms with E-state index in [9.17, 15) is 18.0 Å². The predicted molar refractivity (Wildman–Crippen MR) is 64.9 cm³/mol. The molecule has 0 aliphatic rings. The smallest absolute Gasteiger partial charge is 0.427 e. The van der Waals surface area contributed by atoms with Crippen molar-refractivity contribution >= 4 is 17.3 Å². The van der Waals surface area contributed by atoms with Gasteiger partial charge >= 0.3 is 12.1 Å². The van der Waals surface area contributed by atoms with Gasteiger partial charge in [-0.05, 0) is 26.8 Å². The average Bonchev–Trinajstić information content (AvgIpc) is 2.72. The molecule has 4 nitrogen and oxygen atoms in total. The maximum absolute atomic E-state index is 12.3. The molecule has 1 aromatic rings. The number of carboxylic acid groups (broad SMARTS) is 1. The van der Waals surface area contributed by atoms with Crippen molar-refractivity contribution in [3.05, 3.63) is 16.1 Å². The normalized spacial score (nSPS) is 12.7. The fraction of sp³-hybridized carbons (Fsp3) is 0.636. The number of aliphatic carboxylic acids is 1. The van der Waals surface area contributed by atoms with Crippen LogP contribution in [0.4, 0.5) is 13.2 Å². The molecule has 1 rings (SSSR count). The molecule has 19 heavy (non-hydrogen) atoms. The summed E-state index contributed by atoms with van der Waals surface area (Å²) in [5.74, 6) is -0.900. The van der Waals surface area contributed by atoms with E-state index in [1.54, 1.807) is 13.8 Å². The Bertz CT molecular complexity index is 443. The Morgan fingerprint density at radius 2 is 2.11 bits per heavy atom. The number of hydrogen-bond donors (Lipinski definition) is 2. The van der Waals surface area contributed by atoms with Crippen LogP contribution >= 0.6 is 11.3 Å². The topological polar surface area (TPSA) is 62.2 Å². The minimum Gasteiger partial charge on any atom is -0.481 e. The minimum absolute atomic E-state index is 0.205. The van der Waals surface area contributed by atoms with E-state index < -0.39 is 22.4 Å². The molecule has 0 radical (unpaired) electrons. The number of aromatic nitrogens is 1. The summed E-state index contributed by atoms with van der Waals surface area (Å²) in [6.45, 7) is 3.81. The molecule has 8 heteroatoms. The van der Waals surface area contributed by atoms with Crippen LogP contribution in [0.3, 0.4) is 0 Å². The van der Waals surface area contributed by atoms with E-state index in [0.717, 1.165) is 6.20 Å². The van der Waals surface area contributed by atoms with Gasteiger partial charge in [0.15, 0.2) is 0 Å². The van der Waals surface area contributed by atoms with Gasteiger partial charge in [-0.15, -0.1) is 11.3 Å². The average molecular weight is 296 g/mol. The van der Waals surface area contributed by atoms with Crippen LogP contribution in [-0.2, 0) is 17.5 Å². The lowest BCUT2D eigenvalue weighted by Crippen LogP contribution is -2.28. The van der Waals surface area contributed by atoms with Crippen molar-refractivity contribution in [1.82, 2.24) is 10.3 Å². The number of rotatable bonds is 6. The number of alkyl halides is 3. The third kappa shape index (κ3) is 4.79. The van der Waals surface area contributed by atoms with Gasteiger partial charge in [-0.1, -0.05) is 0 Å². The van der Waals surface area contributed by atoms with Crippen LogP contribution in [-0.4, -0.2) is 22.6 Å². The summed E-state index contributed by atoms with van der Waals surface area (Å²) in [5, 5.41) is 12.1. The first kappa shape index (κ1) is 15.9. The van der Waals surface area contributed by atoms with Gasteiger partial charge in [0.05, 0.1) is 11.6 Å². The van der Waals surface area contributed by atoms with Crippen molar-refractivity contribution in [3.8, 4) is 0 Å². The maximum Gasteiger partial charge on any atom is 0.427 e. The van der Waals surface area contributed by atoms with E-state index in [1.807, 2.05) is 0 Å². The second-order valence-electron chi connectivity index (χ2n) is 4.73. The van der Waals surface area contributed by atoms with Crippen LogP contribution in [0.15, 0.2) is 6.20 Å². The first-order chi connectivity index (χ1) is 8.63. The molecule has 0 saturated heterocycles. The van der Waals surface area contributed by atoms with Crippen molar-refractivity contribution in [1.29, 1.82) is 0 Å². The summed E-state index contributed by atoms with van der Waals surface area (Å²) in [7, 11) is 0. The highest BCUT2D eigenvalue weighted by Crippen LogP contribution is 2.33. The van der Waals surface area contributed by atoms with Gasteiger partial charge < -0.3 is 10.4 Å². The molecular formula is C11H15F3N2O2S. The number of nitrogens with one attached hydrogen (secondary N) is 1. The van der Waals surface area contributed by atoms with Crippen molar-refractivity contribution < 1.29 is 23.1 Å². The quantitative estimate of drug-likeness (QED) is 0.792. The SMILES string of the molecule is CC(C)(CCNCc1ncc(C(F)(F)F)s1)C(=O)O. The standard InChI is InChI=1S/C11H15F3N2O2S/c1-10(2,9(17)18)3-4-15-6-8-16-5-7(19-8)11(12,13)14/h5,15H,3-4,6H2,1-2H3,(H,17,18). The summed E-state index contributed by atoms with van der Waals surface area (Å²) in [5.41, 5.74) is -0.854. The summed E-state index contributed by atoms with van der Waals surface area (Å²) < 4.78 is 37.0. The molecule has 2 N–H and O–H groups in total. The molecule has 0 aliphatic carbocycles. The van der Waals surface area contributed by atoms with Crippen molar-refractivity contribution in [3.63, 3.8) is 0 Å². The molecule has 1 heterocycles. The Balaban J connectivity index is 2.38. The lowest BCUT2D eigenvalue weighted by atomic mass is 9.90. The molecule has 108 valence electrons. The highest BCUT2D eigenvalue weighted by Gasteiger charge is 2.33. The molecule has 0 aromatic carbocycles. The Morgan fingerprint density at radius 3 is 2.58 bits per heavy atom. The van der Waals surface area contributed by atoms with Gasteiger partial charge in [0.2, 0.25) is 0 Å². The number of thiazole rings is 1. The zero-order chi connectivity index (χ0) is 14.7. The highest BCUT2D eigenvalue weighted by atomic mass is 32.1. The van der Waals surface area contributed by atoms with Crippen LogP contribution in [0.5, 0.6) is 0 Å². The molecule has 0 bridgehead atoms. The summed E-state index contributed by atoms with van der Waals surface area (Å²) in [6.07, 6.45) is -3.16. The van der Waals surface area contributed by atoms with Crippen LogP contribution in [0.2, 0.25) is 0 Å². The fourth-order valence-corrected chi connectivity index (χ4v) is 1.98. The number of nitrogens with zero attached hydrogens (tertiary/aromatic N) is 1. The lowest BCUT2D eigenvalue weighted by molar-refractivity contribution is -0.147. The zero-order valence-corrected chi connectivity index (χ0v) is 11.4. The number of carbonyl (C=O) groups is 1. The summed E-state index contributed by atoms with van der Waals surface area (Å²) >= 11 is 0.589. The Morgan fingerprint density at radius 1 is 1.47 bits per heavy atom. The van der Waals surface area contributed by atoms with E-state index >= 15 is 0 Å². The Labute approximate surface area is 112 Å². The minimum atomic E-state index is -4.36. The number of carboxylic acids is 1. The molecule has 1 aromatic heterocycles. The zero-order valence-electron chi connectivity index (χ0n) is 10.5. The Hall–Kier alpha value is -1.15. The van der Waals surface area contributed by atoms with Crippen LogP contribution in [0.1, 0.15) is 30.2 Å². The third-order valence-electron chi connectivity index (χ3n) is 2.61. The summed E-state index contributed by atoms with van der Waals surface area (Å²) in [4.78, 5) is 13.8. The predicted octanol–water partition coefficient (Wildman–Crippen LogP) is 2.75. The molecule has 0 aliphatic heterocycles. The monoisotopic (exact) mass is 296 g/mol. The third-order valence-corrected chi connectivity index (χ3v) is 3.66. The second-order valence-corrected chi connectivity index (χ2v) is 5.85. The van der Waals surface area contributed by atoms with Crippen LogP contribution < -0.4 is 5.32 Å². The van der Waals surface area contributed by atoms with Crippen molar-refractivity contribution in [2.24, 2.45) is 5.41 Å². The molecule has 0 fully saturated rings. The molecule has 0 saturated carbocycles. The number of hydrogen-bond acceptors (Lipinski definition) is 4. The van der Waals surface area contributed by atoms with Gasteiger partial charge in [-0.25, -0.2) is 4.98 Å². The van der Waals surface area contributed by atoms with E-state index in [2.05, 4.69) is 10.3 Å². The van der Waals surface area contributed by atoms with Gasteiger partial charge in [-0.3, -0.25) is 4.79 Å². The van der Waals surface area contributed by atoms with Crippen molar-refractivity contribution in [2.45, 2.75) is 33.0 Å². The van der Waals surface area contributed by atoms with E-state index in [0.29, 0.717) is 29.3 Å². The van der Waals surface area contributed by atoms with Gasteiger partial charge in [0.25, 0.3) is 0 Å². The summed E-state index contributed by atoms with van der Waals surface area (Å²) in [6, 6.07) is 0. The molecule has 0 unspecified atom stereocenters. The molecular weight excluding hydrogens is 281 g/mol. The van der Waals surface area contributed by atoms with E-state index in [-0.39, 0.29) is 6.54 Å². The number of halogens is 3. The lowest BCUT2D eigenvalue weighted by Gasteiger charge is -2.18. The van der Waals surface area contributed by atoms with Gasteiger partial charge in [0, 0.05) is 6.54 Å². The van der Waals surface area contributed by atoms with Crippen molar-refractivity contribution in [2.75, 3.05) is 6.54 Å². The largest absolute Gasteiger partial charge is 0.481 e. The molecule has 0 spiro atoms. The van der Waals surface area contributed by atoms with Gasteiger partial charge in [0.1, 0.15) is 9.88 Å². The van der Waals surface area contributed by atoms with Crippen LogP contribution in [0, 0.1) is 5.41 Å². The second kappa shape index (κ2) is 5.87. The fourth-order valence-electron chi connectivity index (χ4n) is 1.23. The highest BCUT2D eigenvalue weighted by molar-refractivity contribution is 7.11. The van der Waals surface area contributed by atoms with Gasteiger partial charge in [-0.2, -0.15) is 13.2 Å². The Kier molecular flexibility index (Phi) is 4.92.